The van der Waals surface area contributed by atoms with Gasteiger partial charge in [-0.05, 0) is 31.6 Å². The van der Waals surface area contributed by atoms with Crippen LogP contribution in [0.1, 0.15) is 77.6 Å². The van der Waals surface area contributed by atoms with Gasteiger partial charge in [0.25, 0.3) is 0 Å². The molecule has 0 aromatic carbocycles. The highest BCUT2D eigenvalue weighted by Gasteiger charge is 2.08. The van der Waals surface area contributed by atoms with E-state index in [1.165, 1.54) is 70.6 Å². The van der Waals surface area contributed by atoms with E-state index < -0.39 is 0 Å². The maximum atomic E-state index is 2.50. The zero-order valence-corrected chi connectivity index (χ0v) is 10.5. The van der Waals surface area contributed by atoms with Crippen molar-refractivity contribution in [2.75, 3.05) is 0 Å². The van der Waals surface area contributed by atoms with E-state index in [-0.39, 0.29) is 0 Å². The molecular formula is C15H28. The lowest BCUT2D eigenvalue weighted by atomic mass is 9.89. The fraction of sp³-hybridized carbons (Fsp3) is 0.867. The third kappa shape index (κ3) is 6.76. The molecule has 0 amide bonds. The smallest absolute Gasteiger partial charge is 0.0234 e. The highest BCUT2D eigenvalue weighted by Crippen LogP contribution is 2.24. The van der Waals surface area contributed by atoms with Crippen LogP contribution in [0.2, 0.25) is 0 Å². The van der Waals surface area contributed by atoms with Crippen molar-refractivity contribution in [3.05, 3.63) is 12.2 Å². The van der Waals surface area contributed by atoms with Gasteiger partial charge in [0.15, 0.2) is 0 Å². The topological polar surface area (TPSA) is 0 Å². The van der Waals surface area contributed by atoms with Gasteiger partial charge in [-0.1, -0.05) is 64.0 Å². The second-order valence-electron chi connectivity index (χ2n) is 5.03. The van der Waals surface area contributed by atoms with E-state index in [1.54, 1.807) is 0 Å². The summed E-state index contributed by atoms with van der Waals surface area (Å²) in [5, 5.41) is 0. The molecule has 15 heavy (non-hydrogen) atoms. The second-order valence-corrected chi connectivity index (χ2v) is 5.03. The molecule has 1 saturated carbocycles. The highest BCUT2D eigenvalue weighted by molar-refractivity contribution is 4.89. The van der Waals surface area contributed by atoms with Gasteiger partial charge in [0, 0.05) is 0 Å². The Morgan fingerprint density at radius 1 is 0.933 bits per heavy atom. The van der Waals surface area contributed by atoms with E-state index in [9.17, 15) is 0 Å². The maximum absolute atomic E-state index is 2.50. The van der Waals surface area contributed by atoms with Crippen molar-refractivity contribution in [1.82, 2.24) is 0 Å². The molecule has 1 fully saturated rings. The van der Waals surface area contributed by atoms with Crippen LogP contribution < -0.4 is 0 Å². The molecule has 1 aliphatic carbocycles. The minimum Gasteiger partial charge on any atom is -0.0883 e. The molecule has 1 rings (SSSR count). The van der Waals surface area contributed by atoms with Gasteiger partial charge in [-0.2, -0.15) is 0 Å². The Balaban J connectivity index is 1.91. The van der Waals surface area contributed by atoms with E-state index in [0.717, 1.165) is 5.92 Å². The van der Waals surface area contributed by atoms with Crippen molar-refractivity contribution >= 4 is 0 Å². The Morgan fingerprint density at radius 2 is 1.67 bits per heavy atom. The Bertz CT molecular complexity index is 151. The van der Waals surface area contributed by atoms with E-state index in [1.807, 2.05) is 0 Å². The predicted molar refractivity (Wildman–Crippen MR) is 69.1 cm³/mol. The van der Waals surface area contributed by atoms with Gasteiger partial charge in [-0.15, -0.1) is 0 Å². The zero-order valence-electron chi connectivity index (χ0n) is 10.5. The summed E-state index contributed by atoms with van der Waals surface area (Å²) in [5.74, 6) is 0.925. The molecule has 1 aliphatic rings. The van der Waals surface area contributed by atoms with E-state index >= 15 is 0 Å². The molecule has 0 aliphatic heterocycles. The van der Waals surface area contributed by atoms with Crippen LogP contribution in [-0.2, 0) is 0 Å². The van der Waals surface area contributed by atoms with Gasteiger partial charge in [0.05, 0.1) is 0 Å². The molecule has 0 heteroatoms. The third-order valence-electron chi connectivity index (χ3n) is 3.53. The molecule has 0 bridgehead atoms. The number of unbranched alkanes of at least 4 members (excludes halogenated alkanes) is 5. The Labute approximate surface area is 96.2 Å². The molecule has 0 N–H and O–H groups in total. The van der Waals surface area contributed by atoms with Gasteiger partial charge < -0.3 is 0 Å². The lowest BCUT2D eigenvalue weighted by molar-refractivity contribution is 0.418. The van der Waals surface area contributed by atoms with Crippen molar-refractivity contribution in [3.63, 3.8) is 0 Å². The molecular weight excluding hydrogens is 180 g/mol. The number of allylic oxidation sites excluding steroid dienone is 2. The Kier molecular flexibility index (Phi) is 7.69. The van der Waals surface area contributed by atoms with E-state index in [0.29, 0.717) is 0 Å². The van der Waals surface area contributed by atoms with E-state index in [2.05, 4.69) is 19.1 Å². The fourth-order valence-corrected chi connectivity index (χ4v) is 2.48. The Hall–Kier alpha value is -0.260. The number of hydrogen-bond donors (Lipinski definition) is 0. The fourth-order valence-electron chi connectivity index (χ4n) is 2.48. The summed E-state index contributed by atoms with van der Waals surface area (Å²) in [6.45, 7) is 2.28. The van der Waals surface area contributed by atoms with Gasteiger partial charge in [-0.3, -0.25) is 0 Å². The standard InChI is InChI=1S/C15H28/c1-2-3-4-5-6-7-9-12-15-13-10-8-11-14-15/h9,12,15H,2-8,10-11,13-14H2,1H3. The van der Waals surface area contributed by atoms with Crippen molar-refractivity contribution in [2.45, 2.75) is 77.6 Å². The second kappa shape index (κ2) is 9.00. The van der Waals surface area contributed by atoms with Crippen LogP contribution in [0.25, 0.3) is 0 Å². The first-order valence-electron chi connectivity index (χ1n) is 7.10. The molecule has 0 heterocycles. The first kappa shape index (κ1) is 12.8. The molecule has 0 aromatic heterocycles. The summed E-state index contributed by atoms with van der Waals surface area (Å²) in [6.07, 6.45) is 20.6. The molecule has 0 aromatic rings. The first-order valence-corrected chi connectivity index (χ1v) is 7.10. The van der Waals surface area contributed by atoms with Crippen LogP contribution in [0.5, 0.6) is 0 Å². The van der Waals surface area contributed by atoms with Crippen LogP contribution in [0.4, 0.5) is 0 Å². The van der Waals surface area contributed by atoms with Crippen molar-refractivity contribution in [3.8, 4) is 0 Å². The van der Waals surface area contributed by atoms with Crippen LogP contribution >= 0.6 is 0 Å². The maximum Gasteiger partial charge on any atom is -0.0234 e. The molecule has 88 valence electrons. The van der Waals surface area contributed by atoms with Gasteiger partial charge in [-0.25, -0.2) is 0 Å². The minimum absolute atomic E-state index is 0.925. The molecule has 0 saturated heterocycles. The number of hydrogen-bond acceptors (Lipinski definition) is 0. The van der Waals surface area contributed by atoms with E-state index in [4.69, 9.17) is 0 Å². The molecule has 0 atom stereocenters. The molecule has 0 spiro atoms. The van der Waals surface area contributed by atoms with Crippen LogP contribution in [-0.4, -0.2) is 0 Å². The van der Waals surface area contributed by atoms with Gasteiger partial charge >= 0.3 is 0 Å². The summed E-state index contributed by atoms with van der Waals surface area (Å²) >= 11 is 0. The summed E-state index contributed by atoms with van der Waals surface area (Å²) in [4.78, 5) is 0. The molecule has 0 radical (unpaired) electrons. The SMILES string of the molecule is CCCCCCCC=CC1CCCCC1. The summed E-state index contributed by atoms with van der Waals surface area (Å²) in [5.41, 5.74) is 0. The largest absolute Gasteiger partial charge is 0.0883 e. The zero-order chi connectivity index (χ0) is 10.8. The predicted octanol–water partition coefficient (Wildman–Crippen LogP) is 5.48. The van der Waals surface area contributed by atoms with Crippen molar-refractivity contribution < 1.29 is 0 Å². The van der Waals surface area contributed by atoms with Crippen LogP contribution in [0, 0.1) is 5.92 Å². The Morgan fingerprint density at radius 3 is 2.40 bits per heavy atom. The average Bonchev–Trinajstić information content (AvgIpc) is 2.29. The monoisotopic (exact) mass is 208 g/mol. The summed E-state index contributed by atoms with van der Waals surface area (Å²) in [7, 11) is 0. The normalized spacial score (nSPS) is 18.7. The summed E-state index contributed by atoms with van der Waals surface area (Å²) in [6, 6.07) is 0. The molecule has 0 nitrogen and oxygen atoms in total. The number of rotatable bonds is 7. The molecule has 0 unspecified atom stereocenters. The van der Waals surface area contributed by atoms with Crippen LogP contribution in [0.3, 0.4) is 0 Å². The average molecular weight is 208 g/mol. The lowest BCUT2D eigenvalue weighted by Crippen LogP contribution is -2.02. The lowest BCUT2D eigenvalue weighted by Gasteiger charge is -2.17. The van der Waals surface area contributed by atoms with Crippen molar-refractivity contribution in [1.29, 1.82) is 0 Å². The minimum atomic E-state index is 0.925. The van der Waals surface area contributed by atoms with Gasteiger partial charge in [0.1, 0.15) is 0 Å². The van der Waals surface area contributed by atoms with Crippen LogP contribution in [0.15, 0.2) is 12.2 Å². The quantitative estimate of drug-likeness (QED) is 0.384. The third-order valence-corrected chi connectivity index (χ3v) is 3.53. The summed E-state index contributed by atoms with van der Waals surface area (Å²) < 4.78 is 0. The highest BCUT2D eigenvalue weighted by atomic mass is 14.1. The first-order chi connectivity index (χ1) is 7.43. The van der Waals surface area contributed by atoms with Gasteiger partial charge in [0.2, 0.25) is 0 Å². The van der Waals surface area contributed by atoms with Crippen molar-refractivity contribution in [2.24, 2.45) is 5.92 Å².